The van der Waals surface area contributed by atoms with Gasteiger partial charge in [-0.3, -0.25) is 4.72 Å². The summed E-state index contributed by atoms with van der Waals surface area (Å²) in [6.07, 6.45) is 0. The maximum Gasteiger partial charge on any atom is 0.262 e. The lowest BCUT2D eigenvalue weighted by molar-refractivity contribution is 0.354. The Labute approximate surface area is 134 Å². The molecule has 118 valence electrons. The molecule has 0 radical (unpaired) electrons. The Morgan fingerprint density at radius 2 is 1.68 bits per heavy atom. The van der Waals surface area contributed by atoms with E-state index >= 15 is 0 Å². The highest BCUT2D eigenvalue weighted by atomic mass is 35.5. The molecule has 0 fully saturated rings. The van der Waals surface area contributed by atoms with E-state index in [1.807, 2.05) is 6.92 Å². The minimum Gasteiger partial charge on any atom is -0.493 e. The first-order valence-electron chi connectivity index (χ1n) is 6.38. The van der Waals surface area contributed by atoms with Gasteiger partial charge in [-0.05, 0) is 36.8 Å². The summed E-state index contributed by atoms with van der Waals surface area (Å²) in [6, 6.07) is 9.34. The lowest BCUT2D eigenvalue weighted by atomic mass is 10.2. The van der Waals surface area contributed by atoms with Crippen molar-refractivity contribution < 1.29 is 17.9 Å². The molecule has 0 aromatic heterocycles. The van der Waals surface area contributed by atoms with Gasteiger partial charge in [0.1, 0.15) is 0 Å². The first-order valence-corrected chi connectivity index (χ1v) is 8.24. The zero-order chi connectivity index (χ0) is 16.3. The van der Waals surface area contributed by atoms with Gasteiger partial charge in [0.2, 0.25) is 0 Å². The molecule has 0 aliphatic rings. The molecule has 5 nitrogen and oxygen atoms in total. The summed E-state index contributed by atoms with van der Waals surface area (Å²) < 4.78 is 37.5. The number of ether oxygens (including phenoxy) is 2. The minimum absolute atomic E-state index is 0.0712. The summed E-state index contributed by atoms with van der Waals surface area (Å²) in [7, 11) is -0.814. The fraction of sp³-hybridized carbons (Fsp3) is 0.200. The number of sulfonamides is 1. The van der Waals surface area contributed by atoms with Gasteiger partial charge < -0.3 is 9.47 Å². The lowest BCUT2D eigenvalue weighted by Crippen LogP contribution is -2.13. The molecule has 0 heterocycles. The molecule has 0 bridgehead atoms. The molecule has 2 rings (SSSR count). The summed E-state index contributed by atoms with van der Waals surface area (Å²) in [6.45, 7) is 1.84. The van der Waals surface area contributed by atoms with Gasteiger partial charge >= 0.3 is 0 Å². The number of anilines is 1. The van der Waals surface area contributed by atoms with Crippen molar-refractivity contribution >= 4 is 27.3 Å². The maximum absolute atomic E-state index is 12.4. The van der Waals surface area contributed by atoms with Gasteiger partial charge in [-0.2, -0.15) is 0 Å². The standard InChI is InChI=1S/C15H16ClNO4S/c1-10-4-5-11(8-13(10)16)17-22(18,19)12-6-7-14(20-2)15(9-12)21-3/h4-9,17H,1-3H3. The van der Waals surface area contributed by atoms with Gasteiger partial charge in [0.05, 0.1) is 24.8 Å². The fourth-order valence-corrected chi connectivity index (χ4v) is 3.10. The van der Waals surface area contributed by atoms with E-state index in [9.17, 15) is 8.42 Å². The van der Waals surface area contributed by atoms with Crippen LogP contribution < -0.4 is 14.2 Å². The Morgan fingerprint density at radius 3 is 2.27 bits per heavy atom. The van der Waals surface area contributed by atoms with E-state index in [2.05, 4.69) is 4.72 Å². The van der Waals surface area contributed by atoms with Crippen LogP contribution in [0, 0.1) is 6.92 Å². The molecule has 0 aliphatic carbocycles. The van der Waals surface area contributed by atoms with E-state index < -0.39 is 10.0 Å². The molecular weight excluding hydrogens is 326 g/mol. The third-order valence-corrected chi connectivity index (χ3v) is 4.88. The molecule has 7 heteroatoms. The molecule has 22 heavy (non-hydrogen) atoms. The minimum atomic E-state index is -3.74. The van der Waals surface area contributed by atoms with Crippen molar-refractivity contribution in [1.82, 2.24) is 0 Å². The second-order valence-corrected chi connectivity index (χ2v) is 6.68. The Bertz CT molecular complexity index is 790. The number of hydrogen-bond acceptors (Lipinski definition) is 4. The monoisotopic (exact) mass is 341 g/mol. The van der Waals surface area contributed by atoms with E-state index in [0.717, 1.165) is 5.56 Å². The quantitative estimate of drug-likeness (QED) is 0.904. The third-order valence-electron chi connectivity index (χ3n) is 3.09. The second-order valence-electron chi connectivity index (χ2n) is 4.59. The lowest BCUT2D eigenvalue weighted by Gasteiger charge is -2.12. The van der Waals surface area contributed by atoms with E-state index in [0.29, 0.717) is 22.2 Å². The first kappa shape index (κ1) is 16.5. The second kappa shape index (κ2) is 6.46. The summed E-state index contributed by atoms with van der Waals surface area (Å²) in [4.78, 5) is 0.0712. The van der Waals surface area contributed by atoms with Crippen LogP contribution in [0.4, 0.5) is 5.69 Å². The summed E-state index contributed by atoms with van der Waals surface area (Å²) in [5, 5.41) is 0.493. The number of halogens is 1. The van der Waals surface area contributed by atoms with Crippen LogP contribution in [0.25, 0.3) is 0 Å². The molecule has 0 saturated heterocycles. The average Bonchev–Trinajstić information content (AvgIpc) is 2.50. The Kier molecular flexibility index (Phi) is 4.83. The summed E-state index contributed by atoms with van der Waals surface area (Å²) >= 11 is 6.00. The predicted molar refractivity (Wildman–Crippen MR) is 86.5 cm³/mol. The van der Waals surface area contributed by atoms with Crippen LogP contribution in [0.1, 0.15) is 5.56 Å². The van der Waals surface area contributed by atoms with Gasteiger partial charge in [0, 0.05) is 11.1 Å². The highest BCUT2D eigenvalue weighted by Crippen LogP contribution is 2.30. The van der Waals surface area contributed by atoms with Crippen LogP contribution in [0.15, 0.2) is 41.3 Å². The molecule has 0 amide bonds. The van der Waals surface area contributed by atoms with Gasteiger partial charge in [-0.25, -0.2) is 8.42 Å². The first-order chi connectivity index (χ1) is 10.4. The zero-order valence-electron chi connectivity index (χ0n) is 12.4. The molecule has 2 aromatic rings. The Hall–Kier alpha value is -1.92. The molecule has 0 saturated carbocycles. The highest BCUT2D eigenvalue weighted by Gasteiger charge is 2.17. The van der Waals surface area contributed by atoms with E-state index in [1.54, 1.807) is 18.2 Å². The molecule has 0 spiro atoms. The number of aryl methyl sites for hydroxylation is 1. The molecular formula is C15H16ClNO4S. The normalized spacial score (nSPS) is 11.1. The van der Waals surface area contributed by atoms with Crippen LogP contribution in [-0.4, -0.2) is 22.6 Å². The molecule has 0 aliphatic heterocycles. The molecule has 0 atom stereocenters. The van der Waals surface area contributed by atoms with Crippen LogP contribution in [0.2, 0.25) is 5.02 Å². The van der Waals surface area contributed by atoms with Crippen LogP contribution in [0.3, 0.4) is 0 Å². The Balaban J connectivity index is 2.35. The molecule has 0 unspecified atom stereocenters. The van der Waals surface area contributed by atoms with Gasteiger partial charge in [0.15, 0.2) is 11.5 Å². The van der Waals surface area contributed by atoms with E-state index in [1.165, 1.54) is 32.4 Å². The summed E-state index contributed by atoms with van der Waals surface area (Å²) in [5.41, 5.74) is 1.26. The average molecular weight is 342 g/mol. The van der Waals surface area contributed by atoms with E-state index in [-0.39, 0.29) is 4.90 Å². The van der Waals surface area contributed by atoms with Crippen molar-refractivity contribution in [2.24, 2.45) is 0 Å². The maximum atomic E-state index is 12.4. The van der Waals surface area contributed by atoms with Crippen molar-refractivity contribution in [3.05, 3.63) is 47.0 Å². The van der Waals surface area contributed by atoms with Crippen LogP contribution in [0.5, 0.6) is 11.5 Å². The highest BCUT2D eigenvalue weighted by molar-refractivity contribution is 7.92. The smallest absolute Gasteiger partial charge is 0.262 e. The van der Waals surface area contributed by atoms with Crippen molar-refractivity contribution in [3.63, 3.8) is 0 Å². The van der Waals surface area contributed by atoms with Crippen molar-refractivity contribution in [1.29, 1.82) is 0 Å². The van der Waals surface area contributed by atoms with Crippen molar-refractivity contribution in [3.8, 4) is 11.5 Å². The zero-order valence-corrected chi connectivity index (χ0v) is 14.0. The predicted octanol–water partition coefficient (Wildman–Crippen LogP) is 3.47. The van der Waals surface area contributed by atoms with Gasteiger partial charge in [-0.15, -0.1) is 0 Å². The molecule has 2 aromatic carbocycles. The number of nitrogens with one attached hydrogen (secondary N) is 1. The fourth-order valence-electron chi connectivity index (χ4n) is 1.85. The number of methoxy groups -OCH3 is 2. The topological polar surface area (TPSA) is 64.6 Å². The largest absolute Gasteiger partial charge is 0.493 e. The van der Waals surface area contributed by atoms with Gasteiger partial charge in [-0.1, -0.05) is 17.7 Å². The number of benzene rings is 2. The third kappa shape index (κ3) is 3.45. The van der Waals surface area contributed by atoms with Crippen molar-refractivity contribution in [2.45, 2.75) is 11.8 Å². The van der Waals surface area contributed by atoms with Crippen molar-refractivity contribution in [2.75, 3.05) is 18.9 Å². The molecule has 1 N–H and O–H groups in total. The van der Waals surface area contributed by atoms with Crippen LogP contribution >= 0.6 is 11.6 Å². The van der Waals surface area contributed by atoms with Gasteiger partial charge in [0.25, 0.3) is 10.0 Å². The number of hydrogen-bond donors (Lipinski definition) is 1. The number of rotatable bonds is 5. The SMILES string of the molecule is COc1ccc(S(=O)(=O)Nc2ccc(C)c(Cl)c2)cc1OC. The van der Waals surface area contributed by atoms with E-state index in [4.69, 9.17) is 21.1 Å². The Morgan fingerprint density at radius 1 is 1.00 bits per heavy atom. The van der Waals surface area contributed by atoms with Crippen LogP contribution in [-0.2, 0) is 10.0 Å². The summed E-state index contributed by atoms with van der Waals surface area (Å²) in [5.74, 6) is 0.798.